The zero-order valence-corrected chi connectivity index (χ0v) is 22.5. The molecule has 5 heteroatoms. The Kier molecular flexibility index (Phi) is 6.76. The van der Waals surface area contributed by atoms with E-state index in [0.717, 1.165) is 32.1 Å². The van der Waals surface area contributed by atoms with E-state index in [4.69, 9.17) is 0 Å². The van der Waals surface area contributed by atoms with Crippen LogP contribution in [0.2, 0.25) is 0 Å². The summed E-state index contributed by atoms with van der Waals surface area (Å²) in [5.74, 6) is 2.37. The molecule has 0 radical (unpaired) electrons. The largest absolute Gasteiger partial charge is 0.393 e. The van der Waals surface area contributed by atoms with Gasteiger partial charge >= 0.3 is 0 Å². The van der Waals surface area contributed by atoms with Crippen molar-refractivity contribution in [2.75, 3.05) is 0 Å². The van der Waals surface area contributed by atoms with Crippen molar-refractivity contribution >= 4 is 9.84 Å². The van der Waals surface area contributed by atoms with Gasteiger partial charge in [0.1, 0.15) is 0 Å². The molecule has 7 unspecified atom stereocenters. The lowest BCUT2D eigenvalue weighted by molar-refractivity contribution is -0.0509. The molecule has 0 saturated heterocycles. The second-order valence-electron chi connectivity index (χ2n) is 12.8. The Balaban J connectivity index is 1.39. The Bertz CT molecular complexity index is 1050. The molecule has 9 atom stereocenters. The first-order chi connectivity index (χ1) is 16.6. The van der Waals surface area contributed by atoms with Gasteiger partial charge < -0.3 is 10.2 Å². The predicted molar refractivity (Wildman–Crippen MR) is 140 cm³/mol. The van der Waals surface area contributed by atoms with E-state index in [9.17, 15) is 18.6 Å². The molecule has 35 heavy (non-hydrogen) atoms. The van der Waals surface area contributed by atoms with Crippen LogP contribution in [0.25, 0.3) is 0 Å². The summed E-state index contributed by atoms with van der Waals surface area (Å²) < 4.78 is 27.3. The average Bonchev–Trinajstić information content (AvgIpc) is 3.15. The summed E-state index contributed by atoms with van der Waals surface area (Å²) in [6.07, 6.45) is 11.3. The van der Waals surface area contributed by atoms with Crippen LogP contribution in [0.5, 0.6) is 0 Å². The molecule has 3 fully saturated rings. The van der Waals surface area contributed by atoms with Crippen LogP contribution in [0.1, 0.15) is 85.0 Å². The molecule has 4 aliphatic carbocycles. The first-order valence-corrected chi connectivity index (χ1v) is 15.4. The van der Waals surface area contributed by atoms with Crippen molar-refractivity contribution in [3.05, 3.63) is 42.0 Å². The normalized spacial score (nSPS) is 40.7. The number of fused-ring (bicyclic) bond motifs is 5. The van der Waals surface area contributed by atoms with Gasteiger partial charge in [-0.15, -0.1) is 0 Å². The lowest BCUT2D eigenvalue weighted by atomic mass is 9.47. The fourth-order valence-electron chi connectivity index (χ4n) is 8.99. The summed E-state index contributed by atoms with van der Waals surface area (Å²) in [5.41, 5.74) is 1.90. The number of hydrogen-bond acceptors (Lipinski definition) is 4. The van der Waals surface area contributed by atoms with E-state index in [2.05, 4.69) is 19.9 Å². The second kappa shape index (κ2) is 9.29. The fourth-order valence-corrected chi connectivity index (χ4v) is 10.9. The van der Waals surface area contributed by atoms with E-state index in [-0.39, 0.29) is 16.9 Å². The van der Waals surface area contributed by atoms with Gasteiger partial charge in [-0.3, -0.25) is 0 Å². The van der Waals surface area contributed by atoms with Crippen molar-refractivity contribution < 1.29 is 18.6 Å². The first kappa shape index (κ1) is 25.5. The Morgan fingerprint density at radius 3 is 2.49 bits per heavy atom. The summed E-state index contributed by atoms with van der Waals surface area (Å²) >= 11 is 0. The number of aliphatic hydroxyl groups excluding tert-OH is 2. The Hall–Kier alpha value is -1.17. The fraction of sp³-hybridized carbons (Fsp3) is 0.733. The summed E-state index contributed by atoms with van der Waals surface area (Å²) in [6.45, 7) is 6.62. The van der Waals surface area contributed by atoms with Crippen LogP contribution in [-0.4, -0.2) is 36.1 Å². The predicted octanol–water partition coefficient (Wildman–Crippen LogP) is 5.93. The maximum atomic E-state index is 13.6. The van der Waals surface area contributed by atoms with Crippen molar-refractivity contribution in [1.82, 2.24) is 0 Å². The Morgan fingerprint density at radius 2 is 1.77 bits per heavy atom. The number of allylic oxidation sites excluding steroid dienone is 1. The third-order valence-electron chi connectivity index (χ3n) is 10.9. The third-order valence-corrected chi connectivity index (χ3v) is 13.1. The smallest absolute Gasteiger partial charge is 0.181 e. The molecule has 2 N–H and O–H groups in total. The number of rotatable bonds is 6. The lowest BCUT2D eigenvalue weighted by Gasteiger charge is -2.58. The summed E-state index contributed by atoms with van der Waals surface area (Å²) in [4.78, 5) is 0.381. The van der Waals surface area contributed by atoms with Gasteiger partial charge in [-0.05, 0) is 118 Å². The van der Waals surface area contributed by atoms with Gasteiger partial charge in [0.05, 0.1) is 22.4 Å². The van der Waals surface area contributed by atoms with Crippen molar-refractivity contribution in [3.63, 3.8) is 0 Å². The molecule has 0 aromatic heterocycles. The maximum Gasteiger partial charge on any atom is 0.181 e. The summed E-state index contributed by atoms with van der Waals surface area (Å²) in [6, 6.07) is 8.82. The molecule has 0 aliphatic heterocycles. The minimum absolute atomic E-state index is 0.167. The van der Waals surface area contributed by atoms with Crippen LogP contribution >= 0.6 is 0 Å². The highest BCUT2D eigenvalue weighted by Gasteiger charge is 2.58. The van der Waals surface area contributed by atoms with Crippen molar-refractivity contribution in [3.8, 4) is 0 Å². The van der Waals surface area contributed by atoms with E-state index < -0.39 is 21.2 Å². The zero-order valence-electron chi connectivity index (χ0n) is 21.7. The van der Waals surface area contributed by atoms with Gasteiger partial charge in [0.25, 0.3) is 0 Å². The van der Waals surface area contributed by atoms with Crippen molar-refractivity contribution in [1.29, 1.82) is 0 Å². The molecule has 0 bridgehead atoms. The van der Waals surface area contributed by atoms with E-state index in [1.807, 2.05) is 6.07 Å². The molecular formula is C30H44O4S. The first-order valence-electron chi connectivity index (χ1n) is 13.9. The minimum Gasteiger partial charge on any atom is -0.393 e. The van der Waals surface area contributed by atoms with Gasteiger partial charge in [0.2, 0.25) is 0 Å². The van der Waals surface area contributed by atoms with Crippen LogP contribution in [0.4, 0.5) is 0 Å². The Morgan fingerprint density at radius 1 is 1.03 bits per heavy atom. The highest BCUT2D eigenvalue weighted by molar-refractivity contribution is 7.92. The van der Waals surface area contributed by atoms with Gasteiger partial charge in [-0.1, -0.05) is 43.7 Å². The molecule has 1 aromatic rings. The molecule has 0 amide bonds. The highest BCUT2D eigenvalue weighted by atomic mass is 32.2. The van der Waals surface area contributed by atoms with Gasteiger partial charge in [0, 0.05) is 0 Å². The third kappa shape index (κ3) is 4.34. The molecule has 3 saturated carbocycles. The Labute approximate surface area is 212 Å². The molecule has 4 nitrogen and oxygen atoms in total. The van der Waals surface area contributed by atoms with E-state index in [0.29, 0.717) is 41.4 Å². The highest BCUT2D eigenvalue weighted by Crippen LogP contribution is 2.67. The topological polar surface area (TPSA) is 74.6 Å². The number of hydrogen-bond donors (Lipinski definition) is 2. The van der Waals surface area contributed by atoms with E-state index >= 15 is 0 Å². The van der Waals surface area contributed by atoms with E-state index in [1.165, 1.54) is 24.8 Å². The van der Waals surface area contributed by atoms with E-state index in [1.54, 1.807) is 31.2 Å². The molecule has 5 rings (SSSR count). The SMILES string of the molecule is C[C@H](O)CC(CC1CCC2C3CC=C4CC(O)CC[C@]4(C)C3CCC12C)S(=O)(=O)c1ccccc1. The van der Waals surface area contributed by atoms with Crippen LogP contribution in [-0.2, 0) is 9.84 Å². The molecular weight excluding hydrogens is 456 g/mol. The van der Waals surface area contributed by atoms with Gasteiger partial charge in [-0.25, -0.2) is 8.42 Å². The van der Waals surface area contributed by atoms with Gasteiger partial charge in [0.15, 0.2) is 9.84 Å². The van der Waals surface area contributed by atoms with Gasteiger partial charge in [-0.2, -0.15) is 0 Å². The van der Waals surface area contributed by atoms with Crippen LogP contribution in [0.15, 0.2) is 46.9 Å². The molecule has 1 aromatic carbocycles. The van der Waals surface area contributed by atoms with Crippen LogP contribution in [0, 0.1) is 34.5 Å². The zero-order chi connectivity index (χ0) is 25.0. The average molecular weight is 501 g/mol. The minimum atomic E-state index is -3.50. The van der Waals surface area contributed by atoms with Crippen LogP contribution in [0.3, 0.4) is 0 Å². The van der Waals surface area contributed by atoms with Crippen molar-refractivity contribution in [2.45, 2.75) is 107 Å². The lowest BCUT2D eigenvalue weighted by Crippen LogP contribution is -2.50. The standard InChI is InChI=1S/C30H44O4S/c1-20(31)17-25(35(33,34)24-7-5-4-6-8-24)19-22-10-12-27-26-11-9-21-18-23(32)13-15-29(21,2)28(26)14-16-30(22,27)3/h4-9,20,22-23,25-28,31-32H,10-19H2,1-3H3/t20-,22?,23?,25?,26?,27?,28?,29-,30?/m0/s1. The molecule has 0 spiro atoms. The quantitative estimate of drug-likeness (QED) is 0.475. The monoisotopic (exact) mass is 500 g/mol. The second-order valence-corrected chi connectivity index (χ2v) is 15.0. The summed E-state index contributed by atoms with van der Waals surface area (Å²) in [7, 11) is -3.50. The number of benzene rings is 1. The maximum absolute atomic E-state index is 13.6. The van der Waals surface area contributed by atoms with Crippen molar-refractivity contribution in [2.24, 2.45) is 34.5 Å². The number of sulfone groups is 1. The summed E-state index contributed by atoms with van der Waals surface area (Å²) in [5, 5.41) is 20.0. The molecule has 4 aliphatic rings. The van der Waals surface area contributed by atoms with Crippen LogP contribution < -0.4 is 0 Å². The molecule has 194 valence electrons. The number of aliphatic hydroxyl groups is 2. The molecule has 0 heterocycles.